The summed E-state index contributed by atoms with van der Waals surface area (Å²) in [6.45, 7) is 7.01. The van der Waals surface area contributed by atoms with Crippen LogP contribution < -0.4 is 0 Å². The van der Waals surface area contributed by atoms with E-state index in [0.717, 1.165) is 38.5 Å². The molecule has 2 heteroatoms. The van der Waals surface area contributed by atoms with Crippen LogP contribution >= 0.6 is 0 Å². The predicted octanol–water partition coefficient (Wildman–Crippen LogP) is 17.7. The Morgan fingerprint density at radius 3 is 1.56 bits per heavy atom. The molecule has 1 fully saturated rings. The maximum absolute atomic E-state index is 6.68. The van der Waals surface area contributed by atoms with Crippen molar-refractivity contribution in [2.75, 3.05) is 0 Å². The van der Waals surface area contributed by atoms with Crippen LogP contribution in [0.4, 0.5) is 0 Å². The molecule has 0 spiro atoms. The van der Waals surface area contributed by atoms with Crippen LogP contribution in [0.1, 0.15) is 61.3 Å². The smallest absolute Gasteiger partial charge is 0.136 e. The molecule has 0 atom stereocenters. The van der Waals surface area contributed by atoms with Crippen molar-refractivity contribution in [1.29, 1.82) is 0 Å². The lowest BCUT2D eigenvalue weighted by Crippen LogP contribution is -2.14. The second kappa shape index (κ2) is 14.0. The molecule has 1 saturated carbocycles. The molecule has 64 heavy (non-hydrogen) atoms. The quantitative estimate of drug-likeness (QED) is 0.167. The van der Waals surface area contributed by atoms with Crippen molar-refractivity contribution in [2.45, 2.75) is 51.4 Å². The molecule has 0 N–H and O–H groups in total. The average molecular weight is 823 g/mol. The number of furan rings is 2. The second-order valence-electron chi connectivity index (χ2n) is 18.8. The standard InChI is InChI=1S/C62H46O2/c1-37-17-18-41(38-11-6-4-7-12-38)31-49(37)50-32-43(19-24-47(50)40-15-10-16-40)45-23-29-58-53(35-45)61-59(64-58)30-26-54-60(61)48-25-20-46(36-55(48)62(54,2)3)44-22-28-57-52(34-44)51-33-42(21-27-56(51)63-57)39-13-8-5-9-14-39/h4-9,11-14,17-36,40H,10,15-16H2,1-3H3. The first-order valence-electron chi connectivity index (χ1n) is 22.8. The van der Waals surface area contributed by atoms with Gasteiger partial charge in [-0.1, -0.05) is 142 Å². The summed E-state index contributed by atoms with van der Waals surface area (Å²) in [5.74, 6) is 0.609. The first-order chi connectivity index (χ1) is 31.4. The van der Waals surface area contributed by atoms with E-state index in [-0.39, 0.29) is 5.41 Å². The Bertz CT molecular complexity index is 3670. The number of hydrogen-bond donors (Lipinski definition) is 0. The van der Waals surface area contributed by atoms with Crippen molar-refractivity contribution in [1.82, 2.24) is 0 Å². The van der Waals surface area contributed by atoms with Crippen LogP contribution in [0, 0.1) is 6.92 Å². The molecule has 11 aromatic rings. The fraction of sp³-hybridized carbons (Fsp3) is 0.129. The van der Waals surface area contributed by atoms with Crippen LogP contribution in [0.3, 0.4) is 0 Å². The molecular weight excluding hydrogens is 777 g/mol. The fourth-order valence-corrected chi connectivity index (χ4v) is 11.0. The van der Waals surface area contributed by atoms with Gasteiger partial charge in [-0.15, -0.1) is 0 Å². The number of fused-ring (bicyclic) bond motifs is 10. The zero-order valence-electron chi connectivity index (χ0n) is 36.3. The summed E-state index contributed by atoms with van der Waals surface area (Å²) in [5, 5.41) is 4.64. The molecular formula is C62H46O2. The van der Waals surface area contributed by atoms with Crippen molar-refractivity contribution in [2.24, 2.45) is 0 Å². The van der Waals surface area contributed by atoms with Gasteiger partial charge in [-0.3, -0.25) is 0 Å². The van der Waals surface area contributed by atoms with Gasteiger partial charge in [0.05, 0.1) is 0 Å². The third kappa shape index (κ3) is 5.72. The highest BCUT2D eigenvalue weighted by Crippen LogP contribution is 2.54. The number of benzene rings is 9. The third-order valence-corrected chi connectivity index (χ3v) is 14.7. The normalized spacial score (nSPS) is 14.4. The first-order valence-corrected chi connectivity index (χ1v) is 22.8. The Labute approximate surface area is 373 Å². The summed E-state index contributed by atoms with van der Waals surface area (Å²) >= 11 is 0. The molecule has 0 aliphatic heterocycles. The molecule has 0 unspecified atom stereocenters. The Kier molecular flexibility index (Phi) is 8.15. The van der Waals surface area contributed by atoms with Gasteiger partial charge >= 0.3 is 0 Å². The molecule has 2 aromatic heterocycles. The van der Waals surface area contributed by atoms with Crippen LogP contribution in [-0.2, 0) is 5.41 Å². The number of aryl methyl sites for hydroxylation is 1. The molecule has 2 heterocycles. The summed E-state index contributed by atoms with van der Waals surface area (Å²) in [6.07, 6.45) is 3.82. The minimum atomic E-state index is -0.203. The lowest BCUT2D eigenvalue weighted by atomic mass is 9.76. The lowest BCUT2D eigenvalue weighted by molar-refractivity contribution is 0.420. The Morgan fingerprint density at radius 1 is 0.406 bits per heavy atom. The van der Waals surface area contributed by atoms with E-state index in [1.54, 1.807) is 0 Å². The molecule has 13 rings (SSSR count). The van der Waals surface area contributed by atoms with E-state index in [4.69, 9.17) is 8.83 Å². The predicted molar refractivity (Wildman–Crippen MR) is 267 cm³/mol. The van der Waals surface area contributed by atoms with Crippen molar-refractivity contribution in [3.05, 3.63) is 204 Å². The Morgan fingerprint density at radius 2 is 0.906 bits per heavy atom. The highest BCUT2D eigenvalue weighted by molar-refractivity contribution is 6.16. The van der Waals surface area contributed by atoms with Gasteiger partial charge in [0.15, 0.2) is 0 Å². The minimum absolute atomic E-state index is 0.203. The lowest BCUT2D eigenvalue weighted by Gasteiger charge is -2.29. The summed E-state index contributed by atoms with van der Waals surface area (Å²) in [4.78, 5) is 0. The monoisotopic (exact) mass is 822 g/mol. The van der Waals surface area contributed by atoms with E-state index in [2.05, 4.69) is 203 Å². The summed E-state index contributed by atoms with van der Waals surface area (Å²) < 4.78 is 13.0. The molecule has 9 aromatic carbocycles. The maximum Gasteiger partial charge on any atom is 0.136 e. The van der Waals surface area contributed by atoms with Gasteiger partial charge in [0.25, 0.3) is 0 Å². The van der Waals surface area contributed by atoms with Crippen LogP contribution in [0.25, 0.3) is 111 Å². The molecule has 0 radical (unpaired) electrons. The van der Waals surface area contributed by atoms with Crippen LogP contribution in [0.15, 0.2) is 191 Å². The van der Waals surface area contributed by atoms with E-state index >= 15 is 0 Å². The largest absolute Gasteiger partial charge is 0.456 e. The molecule has 306 valence electrons. The number of hydrogen-bond acceptors (Lipinski definition) is 2. The van der Waals surface area contributed by atoms with Gasteiger partial charge in [0.1, 0.15) is 22.3 Å². The van der Waals surface area contributed by atoms with Crippen LogP contribution in [-0.4, -0.2) is 0 Å². The second-order valence-corrected chi connectivity index (χ2v) is 18.8. The highest BCUT2D eigenvalue weighted by Gasteiger charge is 2.38. The topological polar surface area (TPSA) is 26.3 Å². The SMILES string of the molecule is Cc1ccc(-c2ccccc2)cc1-c1cc(-c2ccc3oc4ccc5c(c4c3c2)-c2ccc(-c3ccc4oc6ccc(-c7ccccc7)cc6c4c3)cc2C5(C)C)ccc1C1CCC1. The van der Waals surface area contributed by atoms with Crippen LogP contribution in [0.5, 0.6) is 0 Å². The van der Waals surface area contributed by atoms with E-state index in [0.29, 0.717) is 5.92 Å². The molecule has 0 saturated heterocycles. The van der Waals surface area contributed by atoms with Crippen molar-refractivity contribution < 1.29 is 8.83 Å². The highest BCUT2D eigenvalue weighted by atomic mass is 16.3. The van der Waals surface area contributed by atoms with Crippen molar-refractivity contribution >= 4 is 43.9 Å². The third-order valence-electron chi connectivity index (χ3n) is 14.7. The molecule has 0 amide bonds. The molecule has 0 bridgehead atoms. The Hall–Kier alpha value is -7.42. The molecule has 2 aliphatic rings. The first kappa shape index (κ1) is 37.2. The van der Waals surface area contributed by atoms with Crippen molar-refractivity contribution in [3.8, 4) is 66.8 Å². The van der Waals surface area contributed by atoms with Crippen molar-refractivity contribution in [3.63, 3.8) is 0 Å². The summed E-state index contributed by atoms with van der Waals surface area (Å²) in [6, 6.07) is 67.1. The maximum atomic E-state index is 6.68. The van der Waals surface area contributed by atoms with E-state index in [1.165, 1.54) is 114 Å². The fourth-order valence-electron chi connectivity index (χ4n) is 11.0. The number of rotatable bonds is 6. The van der Waals surface area contributed by atoms with Crippen LogP contribution in [0.2, 0.25) is 0 Å². The minimum Gasteiger partial charge on any atom is -0.456 e. The zero-order chi connectivity index (χ0) is 42.7. The molecule has 2 aliphatic carbocycles. The van der Waals surface area contributed by atoms with Gasteiger partial charge in [0, 0.05) is 27.0 Å². The van der Waals surface area contributed by atoms with E-state index in [1.807, 2.05) is 0 Å². The van der Waals surface area contributed by atoms with Gasteiger partial charge in [-0.2, -0.15) is 0 Å². The van der Waals surface area contributed by atoms with Gasteiger partial charge < -0.3 is 8.83 Å². The van der Waals surface area contributed by atoms with E-state index in [9.17, 15) is 0 Å². The zero-order valence-corrected chi connectivity index (χ0v) is 36.3. The van der Waals surface area contributed by atoms with Gasteiger partial charge in [-0.05, 0) is 175 Å². The summed E-state index contributed by atoms with van der Waals surface area (Å²) in [5.41, 5.74) is 23.9. The summed E-state index contributed by atoms with van der Waals surface area (Å²) in [7, 11) is 0. The Balaban J connectivity index is 0.919. The van der Waals surface area contributed by atoms with E-state index < -0.39 is 0 Å². The van der Waals surface area contributed by atoms with Gasteiger partial charge in [-0.25, -0.2) is 0 Å². The average Bonchev–Trinajstić information content (AvgIpc) is 3.95. The molecule has 2 nitrogen and oxygen atoms in total. The van der Waals surface area contributed by atoms with Gasteiger partial charge in [0.2, 0.25) is 0 Å².